The van der Waals surface area contributed by atoms with Crippen LogP contribution >= 0.6 is 0 Å². The fourth-order valence-corrected chi connectivity index (χ4v) is 11.8. The Bertz CT molecular complexity index is 2580. The van der Waals surface area contributed by atoms with Gasteiger partial charge in [0.05, 0.1) is 11.4 Å². The minimum atomic E-state index is -0.173. The van der Waals surface area contributed by atoms with Crippen molar-refractivity contribution in [3.63, 3.8) is 0 Å². The first-order valence-corrected chi connectivity index (χ1v) is 21.2. The lowest BCUT2D eigenvalue weighted by Gasteiger charge is -2.33. The van der Waals surface area contributed by atoms with Crippen molar-refractivity contribution in [2.24, 2.45) is 11.8 Å². The summed E-state index contributed by atoms with van der Waals surface area (Å²) >= 11 is 0. The number of anilines is 3. The SMILES string of the molecule is CC1(C)c2ccccc2-c2ccc(N(c3ccc(C4CC5CCC4C5)cc3)c3cccc4ccc(C5CCCCC5)cc34)c(-c3ccc4ccccc4c3)c21. The van der Waals surface area contributed by atoms with Crippen LogP contribution in [-0.2, 0) is 5.41 Å². The van der Waals surface area contributed by atoms with Gasteiger partial charge in [-0.1, -0.05) is 143 Å². The fraction of sp³-hybridized carbons (Fsp3) is 0.296. The predicted octanol–water partition coefficient (Wildman–Crippen LogP) is 15.4. The molecule has 0 saturated heterocycles. The van der Waals surface area contributed by atoms with Crippen molar-refractivity contribution in [3.05, 3.63) is 162 Å². The van der Waals surface area contributed by atoms with Crippen molar-refractivity contribution in [2.75, 3.05) is 4.90 Å². The Kier molecular flexibility index (Phi) is 7.84. The summed E-state index contributed by atoms with van der Waals surface area (Å²) in [4.78, 5) is 2.63. The van der Waals surface area contributed by atoms with Crippen molar-refractivity contribution in [2.45, 2.75) is 88.9 Å². The molecular formula is C54H51N. The molecule has 0 spiro atoms. The average Bonchev–Trinajstić information content (AvgIpc) is 3.94. The summed E-state index contributed by atoms with van der Waals surface area (Å²) in [6, 6.07) is 54.1. The van der Waals surface area contributed by atoms with Gasteiger partial charge in [-0.05, 0) is 147 Å². The van der Waals surface area contributed by atoms with Gasteiger partial charge in [-0.15, -0.1) is 0 Å². The summed E-state index contributed by atoms with van der Waals surface area (Å²) in [7, 11) is 0. The molecular weight excluding hydrogens is 663 g/mol. The average molecular weight is 714 g/mol. The zero-order chi connectivity index (χ0) is 36.7. The van der Waals surface area contributed by atoms with E-state index in [0.29, 0.717) is 11.8 Å². The van der Waals surface area contributed by atoms with Crippen LogP contribution in [0.25, 0.3) is 43.8 Å². The van der Waals surface area contributed by atoms with E-state index < -0.39 is 0 Å². The first-order chi connectivity index (χ1) is 27.0. The highest BCUT2D eigenvalue weighted by molar-refractivity contribution is 6.04. The molecule has 3 unspecified atom stereocenters. The molecule has 0 radical (unpaired) electrons. The highest BCUT2D eigenvalue weighted by atomic mass is 15.1. The van der Waals surface area contributed by atoms with Gasteiger partial charge in [-0.3, -0.25) is 0 Å². The Morgan fingerprint density at radius 3 is 2.13 bits per heavy atom. The maximum Gasteiger partial charge on any atom is 0.0543 e. The van der Waals surface area contributed by atoms with E-state index in [-0.39, 0.29) is 5.41 Å². The molecule has 0 N–H and O–H groups in total. The van der Waals surface area contributed by atoms with E-state index in [9.17, 15) is 0 Å². The first kappa shape index (κ1) is 33.2. The van der Waals surface area contributed by atoms with E-state index in [1.54, 1.807) is 0 Å². The third kappa shape index (κ3) is 5.41. The third-order valence-electron chi connectivity index (χ3n) is 14.5. The van der Waals surface area contributed by atoms with E-state index in [1.807, 2.05) is 0 Å². The molecule has 4 aliphatic carbocycles. The summed E-state index contributed by atoms with van der Waals surface area (Å²) in [6.07, 6.45) is 12.3. The van der Waals surface area contributed by atoms with Gasteiger partial charge < -0.3 is 4.90 Å². The molecule has 4 aliphatic rings. The van der Waals surface area contributed by atoms with Gasteiger partial charge in [0.1, 0.15) is 0 Å². The predicted molar refractivity (Wildman–Crippen MR) is 233 cm³/mol. The number of fused-ring (bicyclic) bond motifs is 7. The van der Waals surface area contributed by atoms with Gasteiger partial charge >= 0.3 is 0 Å². The lowest BCUT2D eigenvalue weighted by Crippen LogP contribution is -2.19. The summed E-state index contributed by atoms with van der Waals surface area (Å²) in [6.45, 7) is 4.88. The highest BCUT2D eigenvalue weighted by Gasteiger charge is 2.41. The number of hydrogen-bond acceptors (Lipinski definition) is 1. The summed E-state index contributed by atoms with van der Waals surface area (Å²) in [5.74, 6) is 3.16. The van der Waals surface area contributed by atoms with E-state index in [0.717, 1.165) is 11.8 Å². The van der Waals surface area contributed by atoms with Gasteiger partial charge in [0.2, 0.25) is 0 Å². The second kappa shape index (κ2) is 13.0. The molecule has 0 amide bonds. The van der Waals surface area contributed by atoms with Crippen LogP contribution < -0.4 is 4.90 Å². The van der Waals surface area contributed by atoms with E-state index >= 15 is 0 Å². The molecule has 2 bridgehead atoms. The lowest BCUT2D eigenvalue weighted by atomic mass is 9.78. The number of hydrogen-bond donors (Lipinski definition) is 0. The molecule has 0 heterocycles. The molecule has 1 nitrogen and oxygen atoms in total. The largest absolute Gasteiger partial charge is 0.309 e. The quantitative estimate of drug-likeness (QED) is 0.166. The molecule has 0 aliphatic heterocycles. The Labute approximate surface area is 327 Å². The van der Waals surface area contributed by atoms with Gasteiger partial charge in [0.15, 0.2) is 0 Å². The standard InChI is InChI=1S/C54H51N/c1-54(2)49-17-9-8-16-45(49)46-29-30-51(52(53(46)54)43-24-21-37-13-6-7-14-40(37)33-43)55(44-27-25-39(26-28-44)47-32-35-19-20-42(47)31-35)50-18-10-15-38-22-23-41(34-48(38)50)36-11-4-3-5-12-36/h6-10,13-18,21-30,33-36,42,47H,3-5,11-12,19-20,31-32H2,1-2H3. The van der Waals surface area contributed by atoms with Crippen LogP contribution in [0.1, 0.15) is 106 Å². The maximum absolute atomic E-state index is 2.63. The zero-order valence-corrected chi connectivity index (χ0v) is 32.4. The topological polar surface area (TPSA) is 3.24 Å². The lowest BCUT2D eigenvalue weighted by molar-refractivity contribution is 0.420. The molecule has 1 heteroatoms. The molecule has 11 rings (SSSR count). The van der Waals surface area contributed by atoms with Crippen LogP contribution in [0, 0.1) is 11.8 Å². The molecule has 272 valence electrons. The number of benzene rings is 7. The fourth-order valence-electron chi connectivity index (χ4n) is 11.8. The minimum Gasteiger partial charge on any atom is -0.309 e. The second-order valence-corrected chi connectivity index (χ2v) is 17.9. The summed E-state index contributed by atoms with van der Waals surface area (Å²) in [5, 5.41) is 5.21. The molecule has 55 heavy (non-hydrogen) atoms. The first-order valence-electron chi connectivity index (χ1n) is 21.2. The van der Waals surface area contributed by atoms with Gasteiger partial charge in [-0.2, -0.15) is 0 Å². The van der Waals surface area contributed by atoms with Crippen LogP contribution in [-0.4, -0.2) is 0 Å². The van der Waals surface area contributed by atoms with Crippen LogP contribution in [0.3, 0.4) is 0 Å². The van der Waals surface area contributed by atoms with Crippen LogP contribution in [0.5, 0.6) is 0 Å². The summed E-state index contributed by atoms with van der Waals surface area (Å²) in [5.41, 5.74) is 14.8. The molecule has 3 atom stereocenters. The van der Waals surface area contributed by atoms with Crippen molar-refractivity contribution < 1.29 is 0 Å². The number of nitrogens with zero attached hydrogens (tertiary/aromatic N) is 1. The van der Waals surface area contributed by atoms with Gasteiger partial charge in [0, 0.05) is 22.1 Å². The zero-order valence-electron chi connectivity index (χ0n) is 32.4. The Balaban J connectivity index is 1.17. The van der Waals surface area contributed by atoms with Crippen molar-refractivity contribution in [1.82, 2.24) is 0 Å². The van der Waals surface area contributed by atoms with Crippen LogP contribution in [0.2, 0.25) is 0 Å². The van der Waals surface area contributed by atoms with E-state index in [1.165, 1.54) is 141 Å². The summed E-state index contributed by atoms with van der Waals surface area (Å²) < 4.78 is 0. The molecule has 0 aromatic heterocycles. The van der Waals surface area contributed by atoms with E-state index in [4.69, 9.17) is 0 Å². The molecule has 7 aromatic rings. The minimum absolute atomic E-state index is 0.173. The maximum atomic E-state index is 2.63. The normalized spacial score (nSPS) is 21.2. The Hall–Kier alpha value is -5.14. The molecule has 3 saturated carbocycles. The second-order valence-electron chi connectivity index (χ2n) is 17.9. The Morgan fingerprint density at radius 2 is 1.31 bits per heavy atom. The van der Waals surface area contributed by atoms with E-state index in [2.05, 4.69) is 158 Å². The third-order valence-corrected chi connectivity index (χ3v) is 14.5. The van der Waals surface area contributed by atoms with Gasteiger partial charge in [0.25, 0.3) is 0 Å². The Morgan fingerprint density at radius 1 is 0.545 bits per heavy atom. The molecule has 3 fully saturated rings. The van der Waals surface area contributed by atoms with Crippen LogP contribution in [0.15, 0.2) is 140 Å². The van der Waals surface area contributed by atoms with Crippen molar-refractivity contribution >= 4 is 38.6 Å². The van der Waals surface area contributed by atoms with Crippen molar-refractivity contribution in [1.29, 1.82) is 0 Å². The number of rotatable bonds is 6. The van der Waals surface area contributed by atoms with Crippen LogP contribution in [0.4, 0.5) is 17.1 Å². The highest BCUT2D eigenvalue weighted by Crippen LogP contribution is 2.57. The smallest absolute Gasteiger partial charge is 0.0543 e. The molecule has 7 aromatic carbocycles. The van der Waals surface area contributed by atoms with Crippen molar-refractivity contribution in [3.8, 4) is 22.3 Å². The monoisotopic (exact) mass is 713 g/mol. The van der Waals surface area contributed by atoms with Gasteiger partial charge in [-0.25, -0.2) is 0 Å².